The Hall–Kier alpha value is -2.74. The van der Waals surface area contributed by atoms with Gasteiger partial charge in [-0.1, -0.05) is 43.6 Å². The first kappa shape index (κ1) is 26.9. The Morgan fingerprint density at radius 3 is 2.18 bits per heavy atom. The lowest BCUT2D eigenvalue weighted by Gasteiger charge is -2.41. The number of aromatic nitrogens is 2. The average molecular weight is 536 g/mol. The lowest BCUT2D eigenvalue weighted by Crippen LogP contribution is -2.53. The summed E-state index contributed by atoms with van der Waals surface area (Å²) in [5.41, 5.74) is 2.61. The highest BCUT2D eigenvalue weighted by Crippen LogP contribution is 2.36. The van der Waals surface area contributed by atoms with E-state index in [-0.39, 0.29) is 41.4 Å². The van der Waals surface area contributed by atoms with Gasteiger partial charge in [-0.3, -0.25) is 9.59 Å². The molecule has 8 heteroatoms. The summed E-state index contributed by atoms with van der Waals surface area (Å²) in [6, 6.07) is 12.7. The number of para-hydroxylation sites is 1. The van der Waals surface area contributed by atoms with Crippen molar-refractivity contribution in [1.29, 1.82) is 0 Å². The molecule has 5 rings (SSSR count). The topological polar surface area (TPSA) is 98.9 Å². The molecule has 2 aliphatic rings. The normalized spacial score (nSPS) is 18.9. The number of nitrogens with one attached hydrogen (secondary N) is 4. The van der Waals surface area contributed by atoms with Gasteiger partial charge in [0, 0.05) is 23.4 Å². The third-order valence-corrected chi connectivity index (χ3v) is 8.56. The maximum absolute atomic E-state index is 14.3. The number of hydrogen-bond donors (Lipinski definition) is 4. The molecule has 4 N–H and O–H groups in total. The van der Waals surface area contributed by atoms with Crippen LogP contribution in [0.2, 0.25) is 5.02 Å². The number of benzene rings is 2. The van der Waals surface area contributed by atoms with Crippen molar-refractivity contribution in [3.63, 3.8) is 0 Å². The molecule has 2 saturated heterocycles. The molecule has 0 radical (unpaired) electrons. The summed E-state index contributed by atoms with van der Waals surface area (Å²) in [6.45, 7) is 7.65. The number of carbonyl (C=O) groups excluding carboxylic acids is 2. The standard InChI is InChI=1S/C30H38ClN5O2/c1-18(2)29-34-24-9-5-7-22(27(24)35-29)30(38)36-26(20-12-16-33-17-13-20)25(19-10-14-32-15-11-19)28(37)21-6-3-4-8-23(21)31/h3-9,18-20,25-26,32-33H,10-17H2,1-2H3,(H,34,35)(H,36,38). The van der Waals surface area contributed by atoms with Crippen molar-refractivity contribution in [3.05, 3.63) is 64.4 Å². The Morgan fingerprint density at radius 1 is 0.895 bits per heavy atom. The third-order valence-electron chi connectivity index (χ3n) is 8.23. The van der Waals surface area contributed by atoms with Crippen LogP contribution in [0.3, 0.4) is 0 Å². The minimum atomic E-state index is -0.353. The minimum absolute atomic E-state index is 0.0337. The number of hydrogen-bond acceptors (Lipinski definition) is 5. The van der Waals surface area contributed by atoms with Gasteiger partial charge in [0.25, 0.3) is 5.91 Å². The number of ketones is 1. The number of aromatic amines is 1. The van der Waals surface area contributed by atoms with E-state index in [1.807, 2.05) is 36.4 Å². The maximum atomic E-state index is 14.3. The molecule has 2 aromatic carbocycles. The zero-order valence-electron chi connectivity index (χ0n) is 22.2. The van der Waals surface area contributed by atoms with Crippen LogP contribution in [0.1, 0.15) is 72.0 Å². The Balaban J connectivity index is 1.54. The van der Waals surface area contributed by atoms with Crippen LogP contribution in [-0.2, 0) is 0 Å². The Kier molecular flexibility index (Phi) is 8.46. The van der Waals surface area contributed by atoms with Gasteiger partial charge in [0.05, 0.1) is 16.1 Å². The van der Waals surface area contributed by atoms with Crippen LogP contribution in [0, 0.1) is 17.8 Å². The van der Waals surface area contributed by atoms with E-state index in [1.165, 1.54) is 0 Å². The Labute approximate surface area is 229 Å². The van der Waals surface area contributed by atoms with Crippen LogP contribution in [0.25, 0.3) is 11.0 Å². The highest BCUT2D eigenvalue weighted by Gasteiger charge is 2.42. The van der Waals surface area contributed by atoms with Crippen molar-refractivity contribution < 1.29 is 9.59 Å². The number of H-pyrrole nitrogens is 1. The summed E-state index contributed by atoms with van der Waals surface area (Å²) in [5, 5.41) is 10.7. The fourth-order valence-corrected chi connectivity index (χ4v) is 6.38. The number of halogens is 1. The minimum Gasteiger partial charge on any atom is -0.348 e. The van der Waals surface area contributed by atoms with Crippen LogP contribution in [0.4, 0.5) is 0 Å². The quantitative estimate of drug-likeness (QED) is 0.306. The maximum Gasteiger partial charge on any atom is 0.253 e. The second-order valence-corrected chi connectivity index (χ2v) is 11.4. The molecule has 202 valence electrons. The molecule has 2 fully saturated rings. The van der Waals surface area contributed by atoms with E-state index < -0.39 is 0 Å². The molecule has 3 aromatic rings. The Morgan fingerprint density at radius 2 is 1.53 bits per heavy atom. The van der Waals surface area contributed by atoms with Gasteiger partial charge in [-0.05, 0) is 88.0 Å². The van der Waals surface area contributed by atoms with Crippen LogP contribution in [0.15, 0.2) is 42.5 Å². The number of rotatable bonds is 8. The molecule has 1 aromatic heterocycles. The fourth-order valence-electron chi connectivity index (χ4n) is 6.16. The van der Waals surface area contributed by atoms with Crippen molar-refractivity contribution in [1.82, 2.24) is 25.9 Å². The molecule has 1 amide bonds. The second kappa shape index (κ2) is 12.0. The average Bonchev–Trinajstić information content (AvgIpc) is 3.39. The van der Waals surface area contributed by atoms with E-state index in [4.69, 9.17) is 16.6 Å². The molecule has 0 aliphatic carbocycles. The van der Waals surface area contributed by atoms with Gasteiger partial charge in [0.1, 0.15) is 11.3 Å². The summed E-state index contributed by atoms with van der Waals surface area (Å²) < 4.78 is 0. The van der Waals surface area contributed by atoms with Gasteiger partial charge in [-0.15, -0.1) is 0 Å². The smallest absolute Gasteiger partial charge is 0.253 e. The highest BCUT2D eigenvalue weighted by atomic mass is 35.5. The van der Waals surface area contributed by atoms with Crippen molar-refractivity contribution in [2.45, 2.75) is 51.5 Å². The molecular weight excluding hydrogens is 498 g/mol. The molecule has 0 saturated carbocycles. The van der Waals surface area contributed by atoms with Gasteiger partial charge in [0.2, 0.25) is 0 Å². The van der Waals surface area contributed by atoms with Crippen molar-refractivity contribution in [2.75, 3.05) is 26.2 Å². The van der Waals surface area contributed by atoms with Gasteiger partial charge in [0.15, 0.2) is 5.78 Å². The lowest BCUT2D eigenvalue weighted by molar-refractivity contribution is 0.0684. The molecule has 0 bridgehead atoms. The van der Waals surface area contributed by atoms with Crippen LogP contribution in [0.5, 0.6) is 0 Å². The predicted molar refractivity (Wildman–Crippen MR) is 152 cm³/mol. The summed E-state index contributed by atoms with van der Waals surface area (Å²) in [6.07, 6.45) is 3.61. The molecule has 2 unspecified atom stereocenters. The summed E-state index contributed by atoms with van der Waals surface area (Å²) in [5.74, 6) is 0.937. The molecule has 2 aliphatic heterocycles. The van der Waals surface area contributed by atoms with Gasteiger partial charge in [-0.25, -0.2) is 4.98 Å². The third kappa shape index (κ3) is 5.65. The van der Waals surface area contributed by atoms with Gasteiger partial charge < -0.3 is 20.9 Å². The number of fused-ring (bicyclic) bond motifs is 1. The SMILES string of the molecule is CC(C)c1nc2c(C(=O)NC(C3CCNCC3)C(C(=O)c3ccccc3Cl)C3CCNCC3)cccc2[nH]1. The van der Waals surface area contributed by atoms with E-state index in [2.05, 4.69) is 34.8 Å². The summed E-state index contributed by atoms with van der Waals surface area (Å²) in [7, 11) is 0. The lowest BCUT2D eigenvalue weighted by atomic mass is 9.70. The van der Waals surface area contributed by atoms with Gasteiger partial charge in [-0.2, -0.15) is 0 Å². The van der Waals surface area contributed by atoms with E-state index in [9.17, 15) is 9.59 Å². The van der Waals surface area contributed by atoms with E-state index in [1.54, 1.807) is 6.07 Å². The molecular formula is C30H38ClN5O2. The number of Topliss-reactive ketones (excluding diaryl/α,β-unsaturated/α-hetero) is 1. The van der Waals surface area contributed by atoms with Crippen molar-refractivity contribution >= 4 is 34.3 Å². The first-order chi connectivity index (χ1) is 18.4. The first-order valence-electron chi connectivity index (χ1n) is 13.9. The number of amides is 1. The van der Waals surface area contributed by atoms with E-state index in [0.29, 0.717) is 21.7 Å². The molecule has 3 heterocycles. The fraction of sp³-hybridized carbons (Fsp3) is 0.500. The summed E-state index contributed by atoms with van der Waals surface area (Å²) in [4.78, 5) is 36.4. The first-order valence-corrected chi connectivity index (χ1v) is 14.3. The predicted octanol–water partition coefficient (Wildman–Crippen LogP) is 4.94. The van der Waals surface area contributed by atoms with Crippen LogP contribution in [-0.4, -0.2) is 53.9 Å². The number of imidazole rings is 1. The summed E-state index contributed by atoms with van der Waals surface area (Å²) >= 11 is 6.55. The van der Waals surface area contributed by atoms with E-state index in [0.717, 1.165) is 63.2 Å². The number of piperidine rings is 2. The second-order valence-electron chi connectivity index (χ2n) is 11.0. The van der Waals surface area contributed by atoms with Crippen molar-refractivity contribution in [3.8, 4) is 0 Å². The van der Waals surface area contributed by atoms with Crippen molar-refractivity contribution in [2.24, 2.45) is 17.8 Å². The highest BCUT2D eigenvalue weighted by molar-refractivity contribution is 6.34. The van der Waals surface area contributed by atoms with Crippen LogP contribution >= 0.6 is 11.6 Å². The number of nitrogens with zero attached hydrogens (tertiary/aromatic N) is 1. The van der Waals surface area contributed by atoms with E-state index >= 15 is 0 Å². The largest absolute Gasteiger partial charge is 0.348 e. The molecule has 7 nitrogen and oxygen atoms in total. The van der Waals surface area contributed by atoms with Gasteiger partial charge >= 0.3 is 0 Å². The molecule has 2 atom stereocenters. The zero-order chi connectivity index (χ0) is 26.6. The molecule has 0 spiro atoms. The number of carbonyl (C=O) groups is 2. The molecule has 38 heavy (non-hydrogen) atoms. The Bertz CT molecular complexity index is 1280. The van der Waals surface area contributed by atoms with Crippen LogP contribution < -0.4 is 16.0 Å². The zero-order valence-corrected chi connectivity index (χ0v) is 23.0. The monoisotopic (exact) mass is 535 g/mol.